The van der Waals surface area contributed by atoms with E-state index in [1.165, 1.54) is 55.9 Å². The first-order valence-electron chi connectivity index (χ1n) is 8.42. The van der Waals surface area contributed by atoms with Crippen molar-refractivity contribution in [1.29, 1.82) is 0 Å². The smallest absolute Gasteiger partial charge is 0.147 e. The summed E-state index contributed by atoms with van der Waals surface area (Å²) in [6.45, 7) is -0.225. The Hall–Kier alpha value is -2.23. The molecule has 1 saturated carbocycles. The van der Waals surface area contributed by atoms with Crippen LogP contribution in [0, 0.1) is 11.6 Å². The van der Waals surface area contributed by atoms with E-state index in [1.807, 2.05) is 12.1 Å². The van der Waals surface area contributed by atoms with Gasteiger partial charge in [0.25, 0.3) is 0 Å². The maximum Gasteiger partial charge on any atom is 0.147 e. The lowest BCUT2D eigenvalue weighted by Crippen LogP contribution is -2.04. The Kier molecular flexibility index (Phi) is 5.57. The Balaban J connectivity index is 1.60. The quantitative estimate of drug-likeness (QED) is 0.519. The van der Waals surface area contributed by atoms with Gasteiger partial charge >= 0.3 is 0 Å². The van der Waals surface area contributed by atoms with E-state index in [9.17, 15) is 8.78 Å². The molecule has 2 aromatic rings. The lowest BCUT2D eigenvalue weighted by Gasteiger charge is -2.22. The predicted octanol–water partition coefficient (Wildman–Crippen LogP) is 5.56. The molecule has 1 aliphatic rings. The molecule has 2 nitrogen and oxygen atoms in total. The molecule has 0 heterocycles. The summed E-state index contributed by atoms with van der Waals surface area (Å²) in [6.07, 6.45) is 7.98. The topological polar surface area (TPSA) is 21.6 Å². The largest absolute Gasteiger partial charge is 0.391 e. The van der Waals surface area contributed by atoms with E-state index in [-0.39, 0.29) is 12.2 Å². The monoisotopic (exact) mass is 329 g/mol. The van der Waals surface area contributed by atoms with Crippen LogP contribution in [0.5, 0.6) is 0 Å². The van der Waals surface area contributed by atoms with Crippen LogP contribution in [0.4, 0.5) is 8.78 Å². The van der Waals surface area contributed by atoms with E-state index in [4.69, 9.17) is 4.84 Å². The molecule has 0 N–H and O–H groups in total. The highest BCUT2D eigenvalue weighted by atomic mass is 19.1. The molecule has 1 fully saturated rings. The number of halogens is 2. The Bertz CT molecular complexity index is 688. The van der Waals surface area contributed by atoms with Gasteiger partial charge in [0.05, 0.1) is 11.8 Å². The number of oxime groups is 1. The second-order valence-electron chi connectivity index (χ2n) is 6.21. The second kappa shape index (κ2) is 8.04. The third-order valence-electron chi connectivity index (χ3n) is 4.53. The van der Waals surface area contributed by atoms with Crippen molar-refractivity contribution in [3.8, 4) is 0 Å². The van der Waals surface area contributed by atoms with Crippen molar-refractivity contribution >= 4 is 6.21 Å². The lowest BCUT2D eigenvalue weighted by atomic mass is 9.84. The molecule has 0 unspecified atom stereocenters. The van der Waals surface area contributed by atoms with Crippen molar-refractivity contribution in [2.45, 2.75) is 44.6 Å². The standard InChI is InChI=1S/C20H21F2NO/c21-19-10-5-11-20(22)18(19)14-24-23-13-15-6-4-9-17(12-15)16-7-2-1-3-8-16/h4-6,9-13,16H,1-3,7-8,14H2. The molecular weight excluding hydrogens is 308 g/mol. The Labute approximate surface area is 141 Å². The second-order valence-corrected chi connectivity index (χ2v) is 6.21. The first-order chi connectivity index (χ1) is 11.7. The first kappa shape index (κ1) is 16.6. The van der Waals surface area contributed by atoms with Gasteiger partial charge in [-0.1, -0.05) is 48.7 Å². The molecule has 1 aliphatic carbocycles. The summed E-state index contributed by atoms with van der Waals surface area (Å²) in [4.78, 5) is 5.06. The molecule has 0 radical (unpaired) electrons. The van der Waals surface area contributed by atoms with E-state index in [0.717, 1.165) is 5.56 Å². The van der Waals surface area contributed by atoms with E-state index >= 15 is 0 Å². The van der Waals surface area contributed by atoms with Crippen molar-refractivity contribution < 1.29 is 13.6 Å². The van der Waals surface area contributed by atoms with Gasteiger partial charge in [0.1, 0.15) is 18.2 Å². The Morgan fingerprint density at radius 1 is 1.00 bits per heavy atom. The van der Waals surface area contributed by atoms with Crippen LogP contribution in [0.15, 0.2) is 47.6 Å². The van der Waals surface area contributed by atoms with Gasteiger partial charge in [0.15, 0.2) is 0 Å². The average molecular weight is 329 g/mol. The summed E-state index contributed by atoms with van der Waals surface area (Å²) >= 11 is 0. The number of benzene rings is 2. The SMILES string of the molecule is Fc1cccc(F)c1CON=Cc1cccc(C2CCCCC2)c1. The summed E-state index contributed by atoms with van der Waals surface area (Å²) in [5, 5.41) is 3.85. The summed E-state index contributed by atoms with van der Waals surface area (Å²) in [7, 11) is 0. The van der Waals surface area contributed by atoms with Crippen LogP contribution in [0.1, 0.15) is 54.7 Å². The van der Waals surface area contributed by atoms with Crippen LogP contribution in [0.25, 0.3) is 0 Å². The van der Waals surface area contributed by atoms with Crippen LogP contribution in [0.3, 0.4) is 0 Å². The Morgan fingerprint density at radius 2 is 1.71 bits per heavy atom. The lowest BCUT2D eigenvalue weighted by molar-refractivity contribution is 0.126. The minimum atomic E-state index is -0.621. The maximum absolute atomic E-state index is 13.5. The highest BCUT2D eigenvalue weighted by molar-refractivity contribution is 5.79. The average Bonchev–Trinajstić information content (AvgIpc) is 2.62. The third-order valence-corrected chi connectivity index (χ3v) is 4.53. The predicted molar refractivity (Wildman–Crippen MR) is 91.0 cm³/mol. The highest BCUT2D eigenvalue weighted by Gasteiger charge is 2.15. The van der Waals surface area contributed by atoms with Gasteiger partial charge in [-0.05, 0) is 48.1 Å². The van der Waals surface area contributed by atoms with Crippen LogP contribution in [0.2, 0.25) is 0 Å². The first-order valence-corrected chi connectivity index (χ1v) is 8.42. The molecule has 0 bridgehead atoms. The third kappa shape index (κ3) is 4.19. The summed E-state index contributed by atoms with van der Waals surface area (Å²) in [5.74, 6) is -0.616. The minimum Gasteiger partial charge on any atom is -0.391 e. The van der Waals surface area contributed by atoms with Crippen molar-refractivity contribution in [2.24, 2.45) is 5.16 Å². The minimum absolute atomic E-state index is 0.106. The Morgan fingerprint density at radius 3 is 2.46 bits per heavy atom. The summed E-state index contributed by atoms with van der Waals surface area (Å²) in [5.41, 5.74) is 2.16. The van der Waals surface area contributed by atoms with Gasteiger partial charge in [-0.15, -0.1) is 0 Å². The van der Waals surface area contributed by atoms with Crippen molar-refractivity contribution in [3.63, 3.8) is 0 Å². The van der Waals surface area contributed by atoms with Crippen LogP contribution >= 0.6 is 0 Å². The zero-order chi connectivity index (χ0) is 16.8. The van der Waals surface area contributed by atoms with Gasteiger partial charge < -0.3 is 4.84 Å². The molecule has 0 aromatic heterocycles. The highest BCUT2D eigenvalue weighted by Crippen LogP contribution is 2.32. The molecule has 4 heteroatoms. The fourth-order valence-corrected chi connectivity index (χ4v) is 3.20. The maximum atomic E-state index is 13.5. The number of hydrogen-bond donors (Lipinski definition) is 0. The van der Waals surface area contributed by atoms with Crippen LogP contribution < -0.4 is 0 Å². The van der Waals surface area contributed by atoms with Crippen molar-refractivity contribution in [1.82, 2.24) is 0 Å². The number of hydrogen-bond acceptors (Lipinski definition) is 2. The molecule has 2 aromatic carbocycles. The molecule has 3 rings (SSSR count). The normalized spacial score (nSPS) is 15.8. The van der Waals surface area contributed by atoms with Gasteiger partial charge in [-0.25, -0.2) is 8.78 Å². The van der Waals surface area contributed by atoms with E-state index in [2.05, 4.69) is 17.3 Å². The zero-order valence-corrected chi connectivity index (χ0v) is 13.6. The van der Waals surface area contributed by atoms with Crippen LogP contribution in [-0.4, -0.2) is 6.21 Å². The molecule has 0 atom stereocenters. The van der Waals surface area contributed by atoms with Gasteiger partial charge in [-0.3, -0.25) is 0 Å². The molecule has 0 saturated heterocycles. The summed E-state index contributed by atoms with van der Waals surface area (Å²) < 4.78 is 27.0. The molecule has 0 spiro atoms. The number of rotatable bonds is 5. The van der Waals surface area contributed by atoms with Gasteiger partial charge in [-0.2, -0.15) is 0 Å². The molecule has 0 amide bonds. The molecule has 24 heavy (non-hydrogen) atoms. The van der Waals surface area contributed by atoms with E-state index in [1.54, 1.807) is 6.21 Å². The fraction of sp³-hybridized carbons (Fsp3) is 0.350. The van der Waals surface area contributed by atoms with E-state index < -0.39 is 11.6 Å². The molecule has 0 aliphatic heterocycles. The van der Waals surface area contributed by atoms with E-state index in [0.29, 0.717) is 5.92 Å². The van der Waals surface area contributed by atoms with Crippen LogP contribution in [-0.2, 0) is 11.4 Å². The molecular formula is C20H21F2NO. The zero-order valence-electron chi connectivity index (χ0n) is 13.6. The number of nitrogens with zero attached hydrogens (tertiary/aromatic N) is 1. The van der Waals surface area contributed by atoms with Crippen molar-refractivity contribution in [3.05, 3.63) is 70.8 Å². The fourth-order valence-electron chi connectivity index (χ4n) is 3.20. The summed E-state index contributed by atoms with van der Waals surface area (Å²) in [6, 6.07) is 12.0. The van der Waals surface area contributed by atoms with Gasteiger partial charge in [0, 0.05) is 0 Å². The van der Waals surface area contributed by atoms with Crippen molar-refractivity contribution in [2.75, 3.05) is 0 Å². The van der Waals surface area contributed by atoms with Gasteiger partial charge in [0.2, 0.25) is 0 Å². The molecule has 126 valence electrons.